The molecule has 2 aliphatic rings. The summed E-state index contributed by atoms with van der Waals surface area (Å²) in [6, 6.07) is 12.0. The van der Waals surface area contributed by atoms with Crippen LogP contribution >= 0.6 is 0 Å². The molecule has 3 aromatic rings. The number of allylic oxidation sites excluding steroid dienone is 2. The van der Waals surface area contributed by atoms with E-state index in [1.165, 1.54) is 22.3 Å². The second kappa shape index (κ2) is 7.65. The Labute approximate surface area is 181 Å². The number of carbonyl (C=O) groups excluding carboxylic acids is 1. The van der Waals surface area contributed by atoms with Crippen molar-refractivity contribution < 1.29 is 9.53 Å². The molecule has 2 heterocycles. The number of rotatable bonds is 4. The molecule has 0 saturated heterocycles. The number of nitrogens with zero attached hydrogens (tertiary/aromatic N) is 4. The molecular weight excluding hydrogens is 390 g/mol. The summed E-state index contributed by atoms with van der Waals surface area (Å²) >= 11 is 0. The first-order valence-electron chi connectivity index (χ1n) is 10.6. The molecule has 0 radical (unpaired) electrons. The molecule has 5 rings (SSSR count). The summed E-state index contributed by atoms with van der Waals surface area (Å²) in [4.78, 5) is 12.7. The number of hydrogen-bond acceptors (Lipinski definition) is 6. The predicted molar refractivity (Wildman–Crippen MR) is 117 cm³/mol. The number of aromatic nitrogens is 4. The third kappa shape index (κ3) is 3.50. The van der Waals surface area contributed by atoms with Gasteiger partial charge in [-0.2, -0.15) is 4.68 Å². The van der Waals surface area contributed by atoms with Crippen LogP contribution in [0.2, 0.25) is 0 Å². The Balaban J connectivity index is 1.40. The first kappa shape index (κ1) is 19.5. The Morgan fingerprint density at radius 2 is 1.84 bits per heavy atom. The standard InChI is InChI=1S/C24H25N5O2/c1-14-11-16(3)18(12-15(14)2)13-31-19-9-7-17(8-10-19)23-22-20(5-4-6-21(22)30)25-24-26-27-28-29(23)24/h7-12,23H,4-6,13H2,1-3H3,(H,25,26,28). The molecule has 7 nitrogen and oxygen atoms in total. The monoisotopic (exact) mass is 415 g/mol. The summed E-state index contributed by atoms with van der Waals surface area (Å²) in [7, 11) is 0. The lowest BCUT2D eigenvalue weighted by Gasteiger charge is -2.31. The number of benzene rings is 2. The second-order valence-electron chi connectivity index (χ2n) is 8.36. The van der Waals surface area contributed by atoms with Crippen LogP contribution < -0.4 is 10.1 Å². The molecule has 1 unspecified atom stereocenters. The van der Waals surface area contributed by atoms with E-state index >= 15 is 0 Å². The Kier molecular flexibility index (Phi) is 4.81. The highest BCUT2D eigenvalue weighted by Crippen LogP contribution is 2.39. The minimum absolute atomic E-state index is 0.158. The fourth-order valence-corrected chi connectivity index (χ4v) is 4.41. The lowest BCUT2D eigenvalue weighted by atomic mass is 9.85. The van der Waals surface area contributed by atoms with E-state index in [2.05, 4.69) is 53.7 Å². The number of tetrazole rings is 1. The highest BCUT2D eigenvalue weighted by atomic mass is 16.5. The molecule has 0 saturated carbocycles. The Morgan fingerprint density at radius 3 is 2.65 bits per heavy atom. The summed E-state index contributed by atoms with van der Waals surface area (Å²) in [5.74, 6) is 1.52. The Hall–Kier alpha value is -3.48. The average Bonchev–Trinajstić information content (AvgIpc) is 3.23. The van der Waals surface area contributed by atoms with Gasteiger partial charge in [0.1, 0.15) is 18.4 Å². The first-order chi connectivity index (χ1) is 15.0. The van der Waals surface area contributed by atoms with Gasteiger partial charge in [0.25, 0.3) is 0 Å². The van der Waals surface area contributed by atoms with Gasteiger partial charge in [-0.25, -0.2) is 0 Å². The highest BCUT2D eigenvalue weighted by Gasteiger charge is 2.36. The van der Waals surface area contributed by atoms with Crippen LogP contribution in [0.5, 0.6) is 5.75 Å². The third-order valence-electron chi connectivity index (χ3n) is 6.27. The molecule has 2 aromatic carbocycles. The van der Waals surface area contributed by atoms with Crippen LogP contribution in [-0.4, -0.2) is 26.0 Å². The minimum Gasteiger partial charge on any atom is -0.489 e. The molecule has 1 aliphatic carbocycles. The van der Waals surface area contributed by atoms with Crippen LogP contribution in [0.1, 0.15) is 53.1 Å². The van der Waals surface area contributed by atoms with E-state index in [-0.39, 0.29) is 11.8 Å². The van der Waals surface area contributed by atoms with Crippen molar-refractivity contribution in [2.75, 3.05) is 5.32 Å². The van der Waals surface area contributed by atoms with Crippen molar-refractivity contribution >= 4 is 11.7 Å². The number of hydrogen-bond donors (Lipinski definition) is 1. The second-order valence-corrected chi connectivity index (χ2v) is 8.36. The SMILES string of the molecule is Cc1cc(C)c(COc2ccc(C3C4=C(CCCC4=O)Nc4nnnn43)cc2)cc1C. The number of nitrogens with one attached hydrogen (secondary N) is 1. The first-order valence-corrected chi connectivity index (χ1v) is 10.6. The molecule has 7 heteroatoms. The van der Waals surface area contributed by atoms with Gasteiger partial charge in [-0.05, 0) is 84.0 Å². The van der Waals surface area contributed by atoms with E-state index in [0.29, 0.717) is 19.0 Å². The van der Waals surface area contributed by atoms with Crippen LogP contribution in [0.15, 0.2) is 47.7 Å². The predicted octanol–water partition coefficient (Wildman–Crippen LogP) is 4.20. The van der Waals surface area contributed by atoms with Crippen molar-refractivity contribution in [3.63, 3.8) is 0 Å². The highest BCUT2D eigenvalue weighted by molar-refractivity contribution is 5.99. The number of carbonyl (C=O) groups is 1. The maximum absolute atomic E-state index is 12.7. The van der Waals surface area contributed by atoms with Crippen molar-refractivity contribution in [1.82, 2.24) is 20.2 Å². The van der Waals surface area contributed by atoms with Crippen molar-refractivity contribution in [2.45, 2.75) is 52.7 Å². The molecule has 0 fully saturated rings. The number of fused-ring (bicyclic) bond motifs is 1. The zero-order valence-electron chi connectivity index (χ0n) is 18.0. The van der Waals surface area contributed by atoms with Crippen LogP contribution in [0.3, 0.4) is 0 Å². The Bertz CT molecular complexity index is 1190. The van der Waals surface area contributed by atoms with Crippen LogP contribution in [0, 0.1) is 20.8 Å². The smallest absolute Gasteiger partial charge is 0.248 e. The van der Waals surface area contributed by atoms with Crippen LogP contribution in [-0.2, 0) is 11.4 Å². The van der Waals surface area contributed by atoms with Crippen molar-refractivity contribution in [3.05, 3.63) is 75.5 Å². The topological polar surface area (TPSA) is 81.9 Å². The molecular formula is C24H25N5O2. The zero-order valence-corrected chi connectivity index (χ0v) is 18.0. The quantitative estimate of drug-likeness (QED) is 0.688. The van der Waals surface area contributed by atoms with E-state index in [4.69, 9.17) is 4.74 Å². The number of ketones is 1. The molecule has 0 bridgehead atoms. The van der Waals surface area contributed by atoms with E-state index in [1.807, 2.05) is 24.3 Å². The van der Waals surface area contributed by atoms with Gasteiger partial charge in [0.15, 0.2) is 5.78 Å². The van der Waals surface area contributed by atoms with Gasteiger partial charge in [-0.15, -0.1) is 0 Å². The van der Waals surface area contributed by atoms with Crippen molar-refractivity contribution in [2.24, 2.45) is 0 Å². The van der Waals surface area contributed by atoms with Crippen molar-refractivity contribution in [1.29, 1.82) is 0 Å². The largest absolute Gasteiger partial charge is 0.489 e. The molecule has 1 N–H and O–H groups in total. The summed E-state index contributed by atoms with van der Waals surface area (Å²) in [5.41, 5.74) is 7.65. The number of anilines is 1. The lowest BCUT2D eigenvalue weighted by Crippen LogP contribution is -2.31. The van der Waals surface area contributed by atoms with Crippen molar-refractivity contribution in [3.8, 4) is 5.75 Å². The number of ether oxygens (including phenoxy) is 1. The maximum atomic E-state index is 12.7. The van der Waals surface area contributed by atoms with Gasteiger partial charge in [0, 0.05) is 17.7 Å². The fraction of sp³-hybridized carbons (Fsp3) is 0.333. The molecule has 1 atom stereocenters. The molecule has 31 heavy (non-hydrogen) atoms. The summed E-state index contributed by atoms with van der Waals surface area (Å²) in [5, 5.41) is 15.2. The van der Waals surface area contributed by atoms with Crippen LogP contribution in [0.25, 0.3) is 0 Å². The average molecular weight is 415 g/mol. The van der Waals surface area contributed by atoms with Gasteiger partial charge in [-0.3, -0.25) is 4.79 Å². The number of aryl methyl sites for hydroxylation is 3. The van der Waals surface area contributed by atoms with Gasteiger partial charge >= 0.3 is 0 Å². The Morgan fingerprint density at radius 1 is 1.06 bits per heavy atom. The molecule has 1 aliphatic heterocycles. The fourth-order valence-electron chi connectivity index (χ4n) is 4.41. The van der Waals surface area contributed by atoms with E-state index in [9.17, 15) is 4.79 Å². The summed E-state index contributed by atoms with van der Waals surface area (Å²) < 4.78 is 7.74. The molecule has 158 valence electrons. The molecule has 0 spiro atoms. The molecule has 1 aromatic heterocycles. The normalized spacial score (nSPS) is 17.8. The van der Waals surface area contributed by atoms with E-state index < -0.39 is 0 Å². The maximum Gasteiger partial charge on any atom is 0.248 e. The summed E-state index contributed by atoms with van der Waals surface area (Å²) in [6.07, 6.45) is 2.25. The minimum atomic E-state index is -0.315. The van der Waals surface area contributed by atoms with E-state index in [0.717, 1.165) is 35.4 Å². The van der Waals surface area contributed by atoms with Gasteiger partial charge in [-0.1, -0.05) is 29.4 Å². The third-order valence-corrected chi connectivity index (χ3v) is 6.27. The lowest BCUT2D eigenvalue weighted by molar-refractivity contribution is -0.116. The van der Waals surface area contributed by atoms with Gasteiger partial charge in [0.2, 0.25) is 5.95 Å². The molecule has 0 amide bonds. The van der Waals surface area contributed by atoms with Gasteiger partial charge in [0.05, 0.1) is 0 Å². The van der Waals surface area contributed by atoms with Gasteiger partial charge < -0.3 is 10.1 Å². The van der Waals surface area contributed by atoms with Crippen LogP contribution in [0.4, 0.5) is 5.95 Å². The number of Topliss-reactive ketones (excluding diaryl/α,β-unsaturated/α-hetero) is 1. The van der Waals surface area contributed by atoms with E-state index in [1.54, 1.807) is 4.68 Å². The summed E-state index contributed by atoms with van der Waals surface area (Å²) in [6.45, 7) is 6.88. The zero-order chi connectivity index (χ0) is 21.5.